The number of amides is 2. The molecule has 4 fully saturated rings. The van der Waals surface area contributed by atoms with Crippen molar-refractivity contribution < 1.29 is 45.1 Å². The van der Waals surface area contributed by atoms with E-state index >= 15 is 0 Å². The van der Waals surface area contributed by atoms with E-state index in [1.807, 2.05) is 18.9 Å². The Morgan fingerprint density at radius 3 is 2.40 bits per heavy atom. The van der Waals surface area contributed by atoms with E-state index in [0.29, 0.717) is 56.4 Å². The van der Waals surface area contributed by atoms with Gasteiger partial charge in [0.25, 0.3) is 0 Å². The van der Waals surface area contributed by atoms with Gasteiger partial charge in [0.05, 0.1) is 29.9 Å². The van der Waals surface area contributed by atoms with Crippen molar-refractivity contribution in [3.05, 3.63) is 65.4 Å². The average Bonchev–Trinajstić information content (AvgIpc) is 3.21. The van der Waals surface area contributed by atoms with Crippen LogP contribution in [0.4, 0.5) is 53.9 Å². The summed E-state index contributed by atoms with van der Waals surface area (Å²) in [4.78, 5) is 37.3. The number of halogens is 7. The van der Waals surface area contributed by atoms with Crippen molar-refractivity contribution in [1.82, 2.24) is 24.9 Å². The van der Waals surface area contributed by atoms with Crippen molar-refractivity contribution in [3.8, 4) is 0 Å². The van der Waals surface area contributed by atoms with Gasteiger partial charge in [0.15, 0.2) is 0 Å². The summed E-state index contributed by atoms with van der Waals surface area (Å²) in [7, 11) is 1.82. The normalized spacial score (nSPS) is 22.1. The number of carbonyl (C=O) groups excluding carboxylic acids is 2. The highest BCUT2D eigenvalue weighted by molar-refractivity contribution is 7.97. The molecule has 11 nitrogen and oxygen atoms in total. The zero-order chi connectivity index (χ0) is 43.0. The van der Waals surface area contributed by atoms with Gasteiger partial charge >= 0.3 is 12.8 Å². The maximum Gasteiger partial charge on any atom is 0.421 e. The number of alkyl halides is 5. The highest BCUT2D eigenvalue weighted by Crippen LogP contribution is 2.38. The molecule has 3 atom stereocenters. The summed E-state index contributed by atoms with van der Waals surface area (Å²) in [5.74, 6) is -2.21. The molecule has 3 saturated heterocycles. The summed E-state index contributed by atoms with van der Waals surface area (Å²) in [6.45, 7) is 1.53. The summed E-state index contributed by atoms with van der Waals surface area (Å²) in [5, 5.41) is 5.02. The third kappa shape index (κ3) is 12.2. The quantitative estimate of drug-likeness (QED) is 0.0984. The van der Waals surface area contributed by atoms with Crippen molar-refractivity contribution in [2.75, 3.05) is 61.5 Å². The third-order valence-electron chi connectivity index (χ3n) is 11.3. The van der Waals surface area contributed by atoms with Crippen LogP contribution in [0.5, 0.6) is 0 Å². The molecule has 4 aliphatic rings. The fraction of sp³-hybridized carbons (Fsp3) is 0.561. The summed E-state index contributed by atoms with van der Waals surface area (Å²) in [6, 6.07) is 9.49. The van der Waals surface area contributed by atoms with E-state index in [9.17, 15) is 40.3 Å². The molecule has 3 aromatic rings. The molecule has 328 valence electrons. The van der Waals surface area contributed by atoms with Gasteiger partial charge in [-0.05, 0) is 92.9 Å². The second-order valence-corrected chi connectivity index (χ2v) is 16.7. The molecule has 2 aromatic carbocycles. The predicted molar refractivity (Wildman–Crippen MR) is 215 cm³/mol. The lowest BCUT2D eigenvalue weighted by Gasteiger charge is -2.40. The number of benzene rings is 2. The first-order valence-electron chi connectivity index (χ1n) is 20.3. The first-order valence-corrected chi connectivity index (χ1v) is 21.1. The molecule has 0 bridgehead atoms. The molecule has 3 unspecified atom stereocenters. The molecule has 7 rings (SSSR count). The van der Waals surface area contributed by atoms with Gasteiger partial charge in [0, 0.05) is 56.3 Å². The van der Waals surface area contributed by atoms with E-state index in [1.165, 1.54) is 43.3 Å². The number of piperidine rings is 2. The highest BCUT2D eigenvalue weighted by Gasteiger charge is 2.38. The SMILES string of the molecule is CC1CCCN(c2nc(Nc3ccc(SNC4CCCCC4)cc3F)ncc2C(F)(F)F)C1.CN1CCN(c2ccc(C3CCC(=O)NC3=O)cc2F)CC1COC(F)F. The molecular weight excluding hydrogens is 818 g/mol. The molecule has 0 spiro atoms. The molecule has 2 amide bonds. The fourth-order valence-corrected chi connectivity index (χ4v) is 8.78. The van der Waals surface area contributed by atoms with Gasteiger partial charge in [-0.25, -0.2) is 13.8 Å². The van der Waals surface area contributed by atoms with Crippen molar-refractivity contribution in [2.45, 2.75) is 100 Å². The largest absolute Gasteiger partial charge is 0.421 e. The van der Waals surface area contributed by atoms with Crippen LogP contribution in [-0.4, -0.2) is 91.8 Å². The lowest BCUT2D eigenvalue weighted by Crippen LogP contribution is -2.53. The number of likely N-dealkylation sites (N-methyl/N-ethyl adjacent to an activating group) is 1. The number of hydrogen-bond acceptors (Lipinski definition) is 11. The summed E-state index contributed by atoms with van der Waals surface area (Å²) >= 11 is 1.40. The number of hydrogen-bond donors (Lipinski definition) is 3. The number of anilines is 4. The lowest BCUT2D eigenvalue weighted by atomic mass is 9.90. The molecule has 0 radical (unpaired) electrons. The number of nitrogens with one attached hydrogen (secondary N) is 3. The van der Waals surface area contributed by atoms with E-state index < -0.39 is 41.8 Å². The molecule has 1 aliphatic carbocycles. The highest BCUT2D eigenvalue weighted by atomic mass is 32.2. The maximum atomic E-state index is 14.7. The molecule has 3 aliphatic heterocycles. The molecule has 4 heterocycles. The van der Waals surface area contributed by atoms with E-state index in [2.05, 4.69) is 30.1 Å². The fourth-order valence-electron chi connectivity index (χ4n) is 7.95. The van der Waals surface area contributed by atoms with Crippen LogP contribution in [0.3, 0.4) is 0 Å². The second-order valence-electron chi connectivity index (χ2n) is 15.8. The number of nitrogens with zero attached hydrogens (tertiary/aromatic N) is 5. The number of aromatic nitrogens is 2. The predicted octanol–water partition coefficient (Wildman–Crippen LogP) is 8.25. The summed E-state index contributed by atoms with van der Waals surface area (Å²) < 4.78 is 103. The minimum atomic E-state index is -4.57. The standard InChI is InChI=1S/C23H29F4N5S.C18H22F3N3O3/c1-15-6-5-11-32(14-15)21-18(23(25,26)27)13-28-22(30-21)29-20-10-9-17(12-19(20)24)33-31-16-7-3-2-4-8-16;1-23-6-7-24(9-12(23)10-27-18(20)21)15-4-2-11(8-14(15)19)13-3-5-16(25)22-17(13)26/h9-10,12-13,15-16,31H,2-8,11,14H2,1H3,(H,28,29,30);2,4,8,12-13,18H,3,5-7,9-10H2,1H3,(H,22,25,26). The topological polar surface area (TPSA) is 115 Å². The van der Waals surface area contributed by atoms with Crippen LogP contribution in [0.15, 0.2) is 47.5 Å². The first-order chi connectivity index (χ1) is 28.6. The van der Waals surface area contributed by atoms with Gasteiger partial charge in [0.1, 0.15) is 23.0 Å². The van der Waals surface area contributed by atoms with Crippen LogP contribution in [0, 0.1) is 17.6 Å². The van der Waals surface area contributed by atoms with Crippen LogP contribution < -0.4 is 25.2 Å². The minimum Gasteiger partial charge on any atom is -0.366 e. The first kappa shape index (κ1) is 45.3. The molecule has 3 N–H and O–H groups in total. The monoisotopic (exact) mass is 868 g/mol. The van der Waals surface area contributed by atoms with E-state index in [-0.39, 0.29) is 48.3 Å². The van der Waals surface area contributed by atoms with Crippen molar-refractivity contribution >= 4 is 46.9 Å². The smallest absolute Gasteiger partial charge is 0.366 e. The zero-order valence-corrected chi connectivity index (χ0v) is 34.4. The van der Waals surface area contributed by atoms with Gasteiger partial charge in [0.2, 0.25) is 17.8 Å². The molecule has 1 saturated carbocycles. The number of ether oxygens (including phenoxy) is 1. The summed E-state index contributed by atoms with van der Waals surface area (Å²) in [6.07, 6.45) is 4.49. The minimum absolute atomic E-state index is 0.0594. The van der Waals surface area contributed by atoms with Crippen molar-refractivity contribution in [3.63, 3.8) is 0 Å². The molecule has 60 heavy (non-hydrogen) atoms. The molecule has 1 aromatic heterocycles. The number of imide groups is 1. The Kier molecular flexibility index (Phi) is 15.5. The Bertz CT molecular complexity index is 1940. The van der Waals surface area contributed by atoms with Gasteiger partial charge in [-0.15, -0.1) is 0 Å². The Labute approximate surface area is 349 Å². The third-order valence-corrected chi connectivity index (χ3v) is 12.3. The Hall–Kier alpha value is -4.20. The Morgan fingerprint density at radius 2 is 1.72 bits per heavy atom. The van der Waals surface area contributed by atoms with Crippen LogP contribution >= 0.6 is 11.9 Å². The molecule has 19 heteroatoms. The van der Waals surface area contributed by atoms with Gasteiger partial charge in [-0.1, -0.05) is 32.3 Å². The van der Waals surface area contributed by atoms with Crippen molar-refractivity contribution in [2.24, 2.45) is 5.92 Å². The number of piperazine rings is 1. The summed E-state index contributed by atoms with van der Waals surface area (Å²) in [5.41, 5.74) is 0.132. The average molecular weight is 869 g/mol. The van der Waals surface area contributed by atoms with E-state index in [0.717, 1.165) is 36.8 Å². The zero-order valence-electron chi connectivity index (χ0n) is 33.5. The van der Waals surface area contributed by atoms with Crippen LogP contribution in [-0.2, 0) is 20.5 Å². The molecular formula is C41H51F7N8O3S. The number of rotatable bonds is 11. The van der Waals surface area contributed by atoms with Gasteiger partial charge in [-0.2, -0.15) is 26.9 Å². The van der Waals surface area contributed by atoms with Crippen LogP contribution in [0.1, 0.15) is 81.8 Å². The second kappa shape index (κ2) is 20.6. The maximum absolute atomic E-state index is 14.7. The van der Waals surface area contributed by atoms with Crippen LogP contribution in [0.2, 0.25) is 0 Å². The Balaban J connectivity index is 0.000000205. The van der Waals surface area contributed by atoms with E-state index in [4.69, 9.17) is 0 Å². The van der Waals surface area contributed by atoms with Gasteiger partial charge in [-0.3, -0.25) is 24.5 Å². The Morgan fingerprint density at radius 1 is 0.933 bits per heavy atom. The van der Waals surface area contributed by atoms with Crippen LogP contribution in [0.25, 0.3) is 0 Å². The van der Waals surface area contributed by atoms with Gasteiger partial charge < -0.3 is 19.9 Å². The van der Waals surface area contributed by atoms with Crippen molar-refractivity contribution in [1.29, 1.82) is 0 Å². The van der Waals surface area contributed by atoms with E-state index in [1.54, 1.807) is 34.1 Å². The number of carbonyl (C=O) groups is 2. The lowest BCUT2D eigenvalue weighted by molar-refractivity contribution is -0.140.